The van der Waals surface area contributed by atoms with Crippen LogP contribution in [0, 0.1) is 0 Å². The Bertz CT molecular complexity index is 243. The van der Waals surface area contributed by atoms with E-state index in [2.05, 4.69) is 37.2 Å². The third-order valence-electron chi connectivity index (χ3n) is 1.51. The van der Waals surface area contributed by atoms with Crippen LogP contribution in [0.25, 0.3) is 0 Å². The van der Waals surface area contributed by atoms with Crippen LogP contribution in [0.2, 0.25) is 0 Å². The maximum Gasteiger partial charge on any atom is 0.165 e. The zero-order valence-electron chi connectivity index (χ0n) is 6.28. The van der Waals surface area contributed by atoms with Crippen LogP contribution < -0.4 is 5.32 Å². The highest BCUT2D eigenvalue weighted by Gasteiger charge is 2.27. The number of aliphatic hydroxyl groups is 1. The summed E-state index contributed by atoms with van der Waals surface area (Å²) in [6.45, 7) is 3.59. The van der Waals surface area contributed by atoms with Crippen LogP contribution >= 0.6 is 31.9 Å². The largest absolute Gasteiger partial charge is 0.367 e. The maximum absolute atomic E-state index is 9.65. The fourth-order valence-corrected chi connectivity index (χ4v) is 1.81. The zero-order valence-corrected chi connectivity index (χ0v) is 9.45. The molecule has 11 heavy (non-hydrogen) atoms. The van der Waals surface area contributed by atoms with Gasteiger partial charge in [0.2, 0.25) is 0 Å². The van der Waals surface area contributed by atoms with Crippen molar-refractivity contribution in [3.8, 4) is 0 Å². The van der Waals surface area contributed by atoms with Gasteiger partial charge in [0.1, 0.15) is 0 Å². The van der Waals surface area contributed by atoms with Crippen molar-refractivity contribution in [1.82, 2.24) is 5.32 Å². The SMILES string of the molecule is CC1=C(Br)C=C(Br)C(C)(O)N1. The number of hydrogen-bond donors (Lipinski definition) is 2. The summed E-state index contributed by atoms with van der Waals surface area (Å²) < 4.78 is 1.68. The first-order chi connectivity index (χ1) is 4.93. The molecule has 1 heterocycles. The maximum atomic E-state index is 9.65. The molecule has 0 fully saturated rings. The van der Waals surface area contributed by atoms with Crippen LogP contribution in [-0.2, 0) is 0 Å². The van der Waals surface area contributed by atoms with Crippen LogP contribution in [0.5, 0.6) is 0 Å². The summed E-state index contributed by atoms with van der Waals surface area (Å²) in [6, 6.07) is 0. The highest BCUT2D eigenvalue weighted by atomic mass is 79.9. The third-order valence-corrected chi connectivity index (χ3v) is 3.33. The molecule has 0 aromatic heterocycles. The summed E-state index contributed by atoms with van der Waals surface area (Å²) in [6.07, 6.45) is 1.84. The Morgan fingerprint density at radius 1 is 1.55 bits per heavy atom. The molecule has 0 aromatic carbocycles. The average Bonchev–Trinajstić information content (AvgIpc) is 1.83. The topological polar surface area (TPSA) is 32.3 Å². The van der Waals surface area contributed by atoms with Crippen molar-refractivity contribution in [1.29, 1.82) is 0 Å². The van der Waals surface area contributed by atoms with Gasteiger partial charge in [-0.05, 0) is 35.9 Å². The molecule has 2 N–H and O–H groups in total. The molecule has 0 spiro atoms. The molecule has 2 nitrogen and oxygen atoms in total. The Morgan fingerprint density at radius 2 is 2.09 bits per heavy atom. The summed E-state index contributed by atoms with van der Waals surface area (Å²) >= 11 is 6.61. The lowest BCUT2D eigenvalue weighted by molar-refractivity contribution is 0.0805. The predicted octanol–water partition coefficient (Wildman–Crippen LogP) is 2.20. The van der Waals surface area contributed by atoms with Gasteiger partial charge in [0.25, 0.3) is 0 Å². The minimum Gasteiger partial charge on any atom is -0.367 e. The van der Waals surface area contributed by atoms with E-state index in [1.54, 1.807) is 6.92 Å². The third kappa shape index (κ3) is 1.86. The monoisotopic (exact) mass is 281 g/mol. The van der Waals surface area contributed by atoms with Gasteiger partial charge in [0.15, 0.2) is 5.72 Å². The molecule has 0 saturated heterocycles. The number of dihydropyridines is 1. The fourth-order valence-electron chi connectivity index (χ4n) is 0.845. The van der Waals surface area contributed by atoms with E-state index in [0.29, 0.717) is 0 Å². The summed E-state index contributed by atoms with van der Waals surface area (Å²) in [5.41, 5.74) is -0.0420. The van der Waals surface area contributed by atoms with Crippen molar-refractivity contribution >= 4 is 31.9 Å². The van der Waals surface area contributed by atoms with Crippen molar-refractivity contribution in [2.24, 2.45) is 0 Å². The smallest absolute Gasteiger partial charge is 0.165 e. The Hall–Kier alpha value is 0.200. The summed E-state index contributed by atoms with van der Waals surface area (Å²) in [7, 11) is 0. The van der Waals surface area contributed by atoms with Crippen LogP contribution in [0.1, 0.15) is 13.8 Å². The molecule has 1 unspecified atom stereocenters. The van der Waals surface area contributed by atoms with Gasteiger partial charge in [0.05, 0.1) is 0 Å². The van der Waals surface area contributed by atoms with Crippen molar-refractivity contribution in [2.45, 2.75) is 19.6 Å². The van der Waals surface area contributed by atoms with E-state index >= 15 is 0 Å². The van der Waals surface area contributed by atoms with Gasteiger partial charge in [-0.25, -0.2) is 0 Å². The second-order valence-corrected chi connectivity index (χ2v) is 4.37. The standard InChI is InChI=1S/C7H9Br2NO/c1-4-5(8)3-6(9)7(2,11)10-4/h3,10-11H,1-2H3. The molecule has 0 amide bonds. The van der Waals surface area contributed by atoms with Gasteiger partial charge in [-0.15, -0.1) is 0 Å². The zero-order chi connectivity index (χ0) is 8.65. The average molecular weight is 283 g/mol. The fraction of sp³-hybridized carbons (Fsp3) is 0.429. The summed E-state index contributed by atoms with van der Waals surface area (Å²) in [5, 5.41) is 12.6. The number of rotatable bonds is 0. The van der Waals surface area contributed by atoms with Gasteiger partial charge in [-0.3, -0.25) is 0 Å². The van der Waals surface area contributed by atoms with E-state index in [-0.39, 0.29) is 0 Å². The Labute approximate surface area is 82.6 Å². The molecule has 0 aromatic rings. The van der Waals surface area contributed by atoms with E-state index < -0.39 is 5.72 Å². The predicted molar refractivity (Wildman–Crippen MR) is 52.4 cm³/mol. The van der Waals surface area contributed by atoms with Crippen molar-refractivity contribution < 1.29 is 5.11 Å². The van der Waals surface area contributed by atoms with E-state index in [9.17, 15) is 5.11 Å². The van der Waals surface area contributed by atoms with Crippen LogP contribution in [0.15, 0.2) is 20.7 Å². The molecule has 0 bridgehead atoms. The highest BCUT2D eigenvalue weighted by molar-refractivity contribution is 9.12. The molecule has 1 atom stereocenters. The molecule has 0 aliphatic carbocycles. The van der Waals surface area contributed by atoms with Gasteiger partial charge in [-0.1, -0.05) is 15.9 Å². The molecule has 4 heteroatoms. The molecule has 62 valence electrons. The van der Waals surface area contributed by atoms with Crippen molar-refractivity contribution in [2.75, 3.05) is 0 Å². The van der Waals surface area contributed by atoms with Crippen LogP contribution in [0.4, 0.5) is 0 Å². The molecule has 1 rings (SSSR count). The van der Waals surface area contributed by atoms with Crippen molar-refractivity contribution in [3.05, 3.63) is 20.7 Å². The van der Waals surface area contributed by atoms with E-state index in [1.165, 1.54) is 0 Å². The minimum atomic E-state index is -0.971. The summed E-state index contributed by atoms with van der Waals surface area (Å²) in [4.78, 5) is 0. The van der Waals surface area contributed by atoms with E-state index in [1.807, 2.05) is 13.0 Å². The quantitative estimate of drug-likeness (QED) is 0.714. The van der Waals surface area contributed by atoms with Crippen molar-refractivity contribution in [3.63, 3.8) is 0 Å². The van der Waals surface area contributed by atoms with Crippen LogP contribution in [-0.4, -0.2) is 10.8 Å². The first kappa shape index (κ1) is 9.29. The second kappa shape index (κ2) is 2.92. The Balaban J connectivity index is 3.01. The molecular weight excluding hydrogens is 274 g/mol. The number of halogens is 2. The minimum absolute atomic E-state index is 0.725. The van der Waals surface area contributed by atoms with E-state index in [4.69, 9.17) is 0 Å². The highest BCUT2D eigenvalue weighted by Crippen LogP contribution is 2.30. The summed E-state index contributed by atoms with van der Waals surface area (Å²) in [5.74, 6) is 0. The lowest BCUT2D eigenvalue weighted by Gasteiger charge is -2.30. The molecule has 1 aliphatic heterocycles. The van der Waals surface area contributed by atoms with Gasteiger partial charge < -0.3 is 10.4 Å². The normalized spacial score (nSPS) is 31.5. The van der Waals surface area contributed by atoms with Gasteiger partial charge in [0, 0.05) is 14.7 Å². The van der Waals surface area contributed by atoms with Crippen LogP contribution in [0.3, 0.4) is 0 Å². The van der Waals surface area contributed by atoms with Gasteiger partial charge >= 0.3 is 0 Å². The Morgan fingerprint density at radius 3 is 2.55 bits per heavy atom. The lowest BCUT2D eigenvalue weighted by Crippen LogP contribution is -2.43. The van der Waals surface area contributed by atoms with Gasteiger partial charge in [-0.2, -0.15) is 0 Å². The molecule has 1 aliphatic rings. The second-order valence-electron chi connectivity index (χ2n) is 2.66. The molecule has 0 radical (unpaired) electrons. The molecular formula is C7H9Br2NO. The number of nitrogens with one attached hydrogen (secondary N) is 1. The molecule has 0 saturated carbocycles. The lowest BCUT2D eigenvalue weighted by atomic mass is 10.1. The Kier molecular flexibility index (Phi) is 2.46. The van der Waals surface area contributed by atoms with E-state index in [0.717, 1.165) is 14.7 Å². The first-order valence-corrected chi connectivity index (χ1v) is 4.76. The first-order valence-electron chi connectivity index (χ1n) is 3.18. The number of allylic oxidation sites excluding steroid dienone is 3. The number of hydrogen-bond acceptors (Lipinski definition) is 2.